The fourth-order valence-corrected chi connectivity index (χ4v) is 3.74. The minimum absolute atomic E-state index is 0.794. The Morgan fingerprint density at radius 2 is 1.83 bits per heavy atom. The molecule has 0 aromatic carbocycles. The Morgan fingerprint density at radius 1 is 1.06 bits per heavy atom. The first-order chi connectivity index (χ1) is 8.75. The number of likely N-dealkylation sites (tertiary alicyclic amines) is 1. The molecule has 0 bridgehead atoms. The van der Waals surface area contributed by atoms with E-state index in [1.807, 2.05) is 0 Å². The highest BCUT2D eigenvalue weighted by molar-refractivity contribution is 4.81. The number of nitrogens with zero attached hydrogens (tertiary/aromatic N) is 1. The van der Waals surface area contributed by atoms with Crippen molar-refractivity contribution in [2.24, 2.45) is 11.8 Å². The van der Waals surface area contributed by atoms with Crippen molar-refractivity contribution in [1.82, 2.24) is 10.2 Å². The van der Waals surface area contributed by atoms with Crippen molar-refractivity contribution in [2.75, 3.05) is 26.2 Å². The molecule has 1 aliphatic heterocycles. The molecule has 2 rings (SSSR count). The van der Waals surface area contributed by atoms with Crippen LogP contribution in [-0.2, 0) is 0 Å². The molecule has 3 unspecified atom stereocenters. The molecule has 1 saturated heterocycles. The van der Waals surface area contributed by atoms with Crippen LogP contribution in [0.3, 0.4) is 0 Å². The standard InChI is InChI=1S/C16H32N2/c1-14-7-8-16(15(2)13-14)17-9-6-12-18-10-4-3-5-11-18/h14-17H,3-13H2,1-2H3. The summed E-state index contributed by atoms with van der Waals surface area (Å²) in [6.45, 7) is 10.1. The van der Waals surface area contributed by atoms with Crippen molar-refractivity contribution < 1.29 is 0 Å². The summed E-state index contributed by atoms with van der Waals surface area (Å²) in [6.07, 6.45) is 9.87. The summed E-state index contributed by atoms with van der Waals surface area (Å²) in [5, 5.41) is 3.80. The Labute approximate surface area is 114 Å². The lowest BCUT2D eigenvalue weighted by molar-refractivity contribution is 0.209. The Bertz CT molecular complexity index is 223. The van der Waals surface area contributed by atoms with Crippen LogP contribution in [0.4, 0.5) is 0 Å². The topological polar surface area (TPSA) is 15.3 Å². The molecule has 3 atom stereocenters. The van der Waals surface area contributed by atoms with E-state index in [4.69, 9.17) is 0 Å². The first-order valence-electron chi connectivity index (χ1n) is 8.21. The third kappa shape index (κ3) is 4.55. The van der Waals surface area contributed by atoms with E-state index < -0.39 is 0 Å². The van der Waals surface area contributed by atoms with Gasteiger partial charge in [0.2, 0.25) is 0 Å². The number of piperidine rings is 1. The number of hydrogen-bond donors (Lipinski definition) is 1. The highest BCUT2D eigenvalue weighted by Gasteiger charge is 2.24. The summed E-state index contributed by atoms with van der Waals surface area (Å²) >= 11 is 0. The van der Waals surface area contributed by atoms with Gasteiger partial charge in [-0.25, -0.2) is 0 Å². The molecule has 1 heterocycles. The van der Waals surface area contributed by atoms with Gasteiger partial charge in [0, 0.05) is 6.04 Å². The molecule has 0 aromatic heterocycles. The summed E-state index contributed by atoms with van der Waals surface area (Å²) in [7, 11) is 0. The Balaban J connectivity index is 1.54. The average molecular weight is 252 g/mol. The molecular weight excluding hydrogens is 220 g/mol. The summed E-state index contributed by atoms with van der Waals surface area (Å²) in [4.78, 5) is 2.65. The van der Waals surface area contributed by atoms with Gasteiger partial charge in [0.25, 0.3) is 0 Å². The zero-order valence-electron chi connectivity index (χ0n) is 12.5. The smallest absolute Gasteiger partial charge is 0.00928 e. The SMILES string of the molecule is CC1CCC(NCCCN2CCCCC2)C(C)C1. The van der Waals surface area contributed by atoms with E-state index in [-0.39, 0.29) is 0 Å². The zero-order valence-corrected chi connectivity index (χ0v) is 12.5. The maximum Gasteiger partial charge on any atom is 0.00928 e. The lowest BCUT2D eigenvalue weighted by atomic mass is 9.80. The van der Waals surface area contributed by atoms with Gasteiger partial charge in [-0.05, 0) is 76.5 Å². The van der Waals surface area contributed by atoms with Gasteiger partial charge in [0.05, 0.1) is 0 Å². The quantitative estimate of drug-likeness (QED) is 0.755. The maximum absolute atomic E-state index is 3.80. The molecule has 2 aliphatic rings. The molecule has 1 aliphatic carbocycles. The van der Waals surface area contributed by atoms with Crippen LogP contribution >= 0.6 is 0 Å². The second-order valence-corrected chi connectivity index (χ2v) is 6.71. The van der Waals surface area contributed by atoms with Crippen molar-refractivity contribution in [2.45, 2.75) is 64.8 Å². The third-order valence-electron chi connectivity index (χ3n) is 4.94. The zero-order chi connectivity index (χ0) is 12.8. The highest BCUT2D eigenvalue weighted by Crippen LogP contribution is 2.28. The molecular formula is C16H32N2. The first kappa shape index (κ1) is 14.3. The van der Waals surface area contributed by atoms with E-state index in [0.29, 0.717) is 0 Å². The average Bonchev–Trinajstić information content (AvgIpc) is 2.38. The molecule has 0 spiro atoms. The van der Waals surface area contributed by atoms with Gasteiger partial charge in [-0.15, -0.1) is 0 Å². The summed E-state index contributed by atoms with van der Waals surface area (Å²) in [5.74, 6) is 1.83. The van der Waals surface area contributed by atoms with E-state index in [1.54, 1.807) is 0 Å². The highest BCUT2D eigenvalue weighted by atomic mass is 15.1. The van der Waals surface area contributed by atoms with Gasteiger partial charge in [-0.2, -0.15) is 0 Å². The van der Waals surface area contributed by atoms with E-state index in [0.717, 1.165) is 17.9 Å². The van der Waals surface area contributed by atoms with Crippen molar-refractivity contribution in [3.05, 3.63) is 0 Å². The van der Waals surface area contributed by atoms with Gasteiger partial charge in [0.1, 0.15) is 0 Å². The largest absolute Gasteiger partial charge is 0.314 e. The molecule has 0 amide bonds. The van der Waals surface area contributed by atoms with Gasteiger partial charge in [-0.1, -0.05) is 20.3 Å². The third-order valence-corrected chi connectivity index (χ3v) is 4.94. The Hall–Kier alpha value is -0.0800. The van der Waals surface area contributed by atoms with Gasteiger partial charge in [-0.3, -0.25) is 0 Å². The van der Waals surface area contributed by atoms with Gasteiger partial charge in [0.15, 0.2) is 0 Å². The first-order valence-corrected chi connectivity index (χ1v) is 8.21. The van der Waals surface area contributed by atoms with Crippen molar-refractivity contribution >= 4 is 0 Å². The van der Waals surface area contributed by atoms with Crippen LogP contribution in [0.1, 0.15) is 58.8 Å². The normalized spacial score (nSPS) is 34.7. The number of nitrogens with one attached hydrogen (secondary N) is 1. The number of rotatable bonds is 5. The molecule has 2 fully saturated rings. The maximum atomic E-state index is 3.80. The molecule has 1 saturated carbocycles. The van der Waals surface area contributed by atoms with E-state index in [9.17, 15) is 0 Å². The molecule has 2 heteroatoms. The lowest BCUT2D eigenvalue weighted by Gasteiger charge is -2.33. The minimum Gasteiger partial charge on any atom is -0.314 e. The van der Waals surface area contributed by atoms with E-state index >= 15 is 0 Å². The van der Waals surface area contributed by atoms with E-state index in [1.165, 1.54) is 71.1 Å². The van der Waals surface area contributed by atoms with Crippen LogP contribution in [-0.4, -0.2) is 37.1 Å². The molecule has 0 radical (unpaired) electrons. The van der Waals surface area contributed by atoms with Crippen LogP contribution in [0.15, 0.2) is 0 Å². The predicted octanol–water partition coefficient (Wildman–Crippen LogP) is 3.28. The Morgan fingerprint density at radius 3 is 2.56 bits per heavy atom. The summed E-state index contributed by atoms with van der Waals surface area (Å²) < 4.78 is 0. The molecule has 0 aromatic rings. The molecule has 1 N–H and O–H groups in total. The number of hydrogen-bond acceptors (Lipinski definition) is 2. The van der Waals surface area contributed by atoms with Crippen LogP contribution in [0.25, 0.3) is 0 Å². The molecule has 18 heavy (non-hydrogen) atoms. The van der Waals surface area contributed by atoms with Crippen LogP contribution in [0.5, 0.6) is 0 Å². The second kappa shape index (κ2) is 7.49. The van der Waals surface area contributed by atoms with E-state index in [2.05, 4.69) is 24.1 Å². The summed E-state index contributed by atoms with van der Waals surface area (Å²) in [6, 6.07) is 0.794. The molecule has 2 nitrogen and oxygen atoms in total. The molecule has 106 valence electrons. The van der Waals surface area contributed by atoms with Crippen LogP contribution < -0.4 is 5.32 Å². The van der Waals surface area contributed by atoms with Gasteiger partial charge < -0.3 is 10.2 Å². The van der Waals surface area contributed by atoms with Crippen molar-refractivity contribution in [3.63, 3.8) is 0 Å². The fourth-order valence-electron chi connectivity index (χ4n) is 3.74. The second-order valence-electron chi connectivity index (χ2n) is 6.71. The van der Waals surface area contributed by atoms with Crippen molar-refractivity contribution in [1.29, 1.82) is 0 Å². The lowest BCUT2D eigenvalue weighted by Crippen LogP contribution is -2.40. The Kier molecular flexibility index (Phi) is 5.97. The van der Waals surface area contributed by atoms with Gasteiger partial charge >= 0.3 is 0 Å². The van der Waals surface area contributed by atoms with Crippen molar-refractivity contribution in [3.8, 4) is 0 Å². The predicted molar refractivity (Wildman–Crippen MR) is 78.9 cm³/mol. The minimum atomic E-state index is 0.794. The monoisotopic (exact) mass is 252 g/mol. The summed E-state index contributed by atoms with van der Waals surface area (Å²) in [5.41, 5.74) is 0. The van der Waals surface area contributed by atoms with Crippen LogP contribution in [0, 0.1) is 11.8 Å². The fraction of sp³-hybridized carbons (Fsp3) is 1.00. The van der Waals surface area contributed by atoms with Crippen LogP contribution in [0.2, 0.25) is 0 Å².